The van der Waals surface area contributed by atoms with Gasteiger partial charge in [0, 0.05) is 24.6 Å². The zero-order valence-corrected chi connectivity index (χ0v) is 13.9. The molecule has 3 rings (SSSR count). The van der Waals surface area contributed by atoms with E-state index in [1.54, 1.807) is 24.5 Å². The van der Waals surface area contributed by atoms with Crippen LogP contribution >= 0.6 is 0 Å². The van der Waals surface area contributed by atoms with Crippen molar-refractivity contribution < 1.29 is 9.53 Å². The van der Waals surface area contributed by atoms with Crippen LogP contribution in [-0.2, 0) is 6.54 Å². The van der Waals surface area contributed by atoms with Crippen molar-refractivity contribution in [3.63, 3.8) is 0 Å². The van der Waals surface area contributed by atoms with Crippen LogP contribution in [0.25, 0.3) is 0 Å². The molecule has 1 aromatic heterocycles. The van der Waals surface area contributed by atoms with E-state index in [0.29, 0.717) is 6.54 Å². The van der Waals surface area contributed by atoms with E-state index in [9.17, 15) is 4.79 Å². The number of amides is 2. The third-order valence-electron chi connectivity index (χ3n) is 3.57. The second kappa shape index (κ2) is 7.97. The van der Waals surface area contributed by atoms with Crippen molar-refractivity contribution in [3.8, 4) is 11.5 Å². The van der Waals surface area contributed by atoms with Crippen LogP contribution in [0.15, 0.2) is 73.1 Å². The summed E-state index contributed by atoms with van der Waals surface area (Å²) in [5.41, 5.74) is 2.91. The van der Waals surface area contributed by atoms with E-state index in [4.69, 9.17) is 4.74 Å². The summed E-state index contributed by atoms with van der Waals surface area (Å²) in [6.45, 7) is 2.44. The first-order chi connectivity index (χ1) is 12.2. The Morgan fingerprint density at radius 2 is 1.56 bits per heavy atom. The summed E-state index contributed by atoms with van der Waals surface area (Å²) in [5, 5.41) is 5.63. The number of anilines is 1. The molecule has 2 amide bonds. The second-order valence-corrected chi connectivity index (χ2v) is 5.60. The number of hydrogen-bond donors (Lipinski definition) is 2. The van der Waals surface area contributed by atoms with Gasteiger partial charge in [0.25, 0.3) is 0 Å². The lowest BCUT2D eigenvalue weighted by Crippen LogP contribution is -2.28. The van der Waals surface area contributed by atoms with Gasteiger partial charge in [0.15, 0.2) is 0 Å². The maximum absolute atomic E-state index is 11.9. The summed E-state index contributed by atoms with van der Waals surface area (Å²) < 4.78 is 5.71. The third-order valence-corrected chi connectivity index (χ3v) is 3.57. The highest BCUT2D eigenvalue weighted by atomic mass is 16.5. The van der Waals surface area contributed by atoms with E-state index in [1.807, 2.05) is 55.5 Å². The molecule has 0 unspecified atom stereocenters. The van der Waals surface area contributed by atoms with Crippen molar-refractivity contribution in [2.24, 2.45) is 0 Å². The van der Waals surface area contributed by atoms with Crippen molar-refractivity contribution in [1.82, 2.24) is 10.3 Å². The van der Waals surface area contributed by atoms with Crippen molar-refractivity contribution in [3.05, 3.63) is 84.2 Å². The molecule has 0 radical (unpaired) electrons. The molecule has 0 spiro atoms. The number of ether oxygens (including phenoxy) is 1. The number of aromatic nitrogens is 1. The first kappa shape index (κ1) is 16.5. The summed E-state index contributed by atoms with van der Waals surface area (Å²) >= 11 is 0. The zero-order valence-electron chi connectivity index (χ0n) is 13.9. The molecule has 0 saturated heterocycles. The fourth-order valence-electron chi connectivity index (χ4n) is 2.21. The highest BCUT2D eigenvalue weighted by Gasteiger charge is 2.02. The van der Waals surface area contributed by atoms with E-state index in [-0.39, 0.29) is 6.03 Å². The van der Waals surface area contributed by atoms with Gasteiger partial charge in [0.05, 0.1) is 0 Å². The summed E-state index contributed by atoms with van der Waals surface area (Å²) in [7, 11) is 0. The third kappa shape index (κ3) is 5.07. The first-order valence-electron chi connectivity index (χ1n) is 7.97. The van der Waals surface area contributed by atoms with Gasteiger partial charge < -0.3 is 15.4 Å². The maximum Gasteiger partial charge on any atom is 0.319 e. The molecule has 0 aliphatic carbocycles. The maximum atomic E-state index is 11.9. The minimum absolute atomic E-state index is 0.235. The van der Waals surface area contributed by atoms with Gasteiger partial charge in [0.1, 0.15) is 11.5 Å². The number of urea groups is 1. The van der Waals surface area contributed by atoms with Gasteiger partial charge in [-0.2, -0.15) is 0 Å². The number of nitrogens with zero attached hydrogens (tertiary/aromatic N) is 1. The number of benzene rings is 2. The van der Waals surface area contributed by atoms with Gasteiger partial charge in [-0.3, -0.25) is 4.98 Å². The number of carbonyl (C=O) groups excluding carboxylic acids is 1. The summed E-state index contributed by atoms with van der Waals surface area (Å²) in [4.78, 5) is 15.9. The van der Waals surface area contributed by atoms with Gasteiger partial charge in [-0.25, -0.2) is 4.79 Å². The lowest BCUT2D eigenvalue weighted by Gasteiger charge is -2.09. The van der Waals surface area contributed by atoms with Crippen LogP contribution in [0, 0.1) is 6.92 Å². The molecule has 0 bridgehead atoms. The second-order valence-electron chi connectivity index (χ2n) is 5.60. The fourth-order valence-corrected chi connectivity index (χ4v) is 2.21. The highest BCUT2D eigenvalue weighted by molar-refractivity contribution is 5.89. The van der Waals surface area contributed by atoms with Crippen LogP contribution in [0.3, 0.4) is 0 Å². The Bertz CT molecular complexity index is 816. The standard InChI is InChI=1S/C20H19N3O2/c1-15-2-6-17(7-3-15)23-20(24)22-14-16-4-8-18(9-5-16)25-19-10-12-21-13-11-19/h2-13H,14H2,1H3,(H2,22,23,24). The lowest BCUT2D eigenvalue weighted by molar-refractivity contribution is 0.251. The topological polar surface area (TPSA) is 63.2 Å². The molecule has 0 saturated carbocycles. The molecule has 2 N–H and O–H groups in total. The molecular weight excluding hydrogens is 314 g/mol. The van der Waals surface area contributed by atoms with Crippen LogP contribution in [0.5, 0.6) is 11.5 Å². The van der Waals surface area contributed by atoms with Crippen LogP contribution in [-0.4, -0.2) is 11.0 Å². The molecule has 3 aromatic rings. The quantitative estimate of drug-likeness (QED) is 0.722. The predicted molar refractivity (Wildman–Crippen MR) is 97.8 cm³/mol. The van der Waals surface area contributed by atoms with Crippen molar-refractivity contribution in [2.45, 2.75) is 13.5 Å². The van der Waals surface area contributed by atoms with E-state index >= 15 is 0 Å². The van der Waals surface area contributed by atoms with Crippen LogP contribution in [0.1, 0.15) is 11.1 Å². The normalized spacial score (nSPS) is 10.1. The predicted octanol–water partition coefficient (Wildman–Crippen LogP) is 4.50. The van der Waals surface area contributed by atoms with Crippen LogP contribution in [0.4, 0.5) is 10.5 Å². The van der Waals surface area contributed by atoms with Crippen molar-refractivity contribution in [1.29, 1.82) is 0 Å². The molecule has 126 valence electrons. The summed E-state index contributed by atoms with van der Waals surface area (Å²) in [6.07, 6.45) is 3.36. The number of carbonyl (C=O) groups is 1. The van der Waals surface area contributed by atoms with E-state index in [1.165, 1.54) is 0 Å². The van der Waals surface area contributed by atoms with Crippen LogP contribution < -0.4 is 15.4 Å². The Hall–Kier alpha value is -3.34. The van der Waals surface area contributed by atoms with Crippen LogP contribution in [0.2, 0.25) is 0 Å². The average molecular weight is 333 g/mol. The van der Waals surface area contributed by atoms with Crippen molar-refractivity contribution >= 4 is 11.7 Å². The molecule has 0 aliphatic heterocycles. The number of hydrogen-bond acceptors (Lipinski definition) is 3. The minimum Gasteiger partial charge on any atom is -0.457 e. The molecular formula is C20H19N3O2. The molecule has 2 aromatic carbocycles. The Morgan fingerprint density at radius 3 is 2.24 bits per heavy atom. The summed E-state index contributed by atoms with van der Waals surface area (Å²) in [5.74, 6) is 1.47. The molecule has 0 fully saturated rings. The monoisotopic (exact) mass is 333 g/mol. The van der Waals surface area contributed by atoms with E-state index in [0.717, 1.165) is 28.3 Å². The fraction of sp³-hybridized carbons (Fsp3) is 0.100. The number of aryl methyl sites for hydroxylation is 1. The number of rotatable bonds is 5. The Morgan fingerprint density at radius 1 is 0.920 bits per heavy atom. The van der Waals surface area contributed by atoms with Gasteiger partial charge in [0.2, 0.25) is 0 Å². The smallest absolute Gasteiger partial charge is 0.319 e. The number of pyridine rings is 1. The lowest BCUT2D eigenvalue weighted by atomic mass is 10.2. The highest BCUT2D eigenvalue weighted by Crippen LogP contribution is 2.20. The van der Waals surface area contributed by atoms with E-state index in [2.05, 4.69) is 15.6 Å². The van der Waals surface area contributed by atoms with Gasteiger partial charge in [-0.15, -0.1) is 0 Å². The molecule has 5 heteroatoms. The van der Waals surface area contributed by atoms with Crippen molar-refractivity contribution in [2.75, 3.05) is 5.32 Å². The molecule has 0 aliphatic rings. The molecule has 0 atom stereocenters. The molecule has 5 nitrogen and oxygen atoms in total. The van der Waals surface area contributed by atoms with E-state index < -0.39 is 0 Å². The van der Waals surface area contributed by atoms with Gasteiger partial charge >= 0.3 is 6.03 Å². The Labute approximate surface area is 146 Å². The Balaban J connectivity index is 1.49. The SMILES string of the molecule is Cc1ccc(NC(=O)NCc2ccc(Oc3ccncc3)cc2)cc1. The van der Waals surface area contributed by atoms with Gasteiger partial charge in [-0.1, -0.05) is 29.8 Å². The summed E-state index contributed by atoms with van der Waals surface area (Å²) in [6, 6.07) is 18.6. The largest absolute Gasteiger partial charge is 0.457 e. The average Bonchev–Trinajstić information content (AvgIpc) is 2.64. The first-order valence-corrected chi connectivity index (χ1v) is 7.97. The zero-order chi connectivity index (χ0) is 17.5. The molecule has 1 heterocycles. The number of nitrogens with one attached hydrogen (secondary N) is 2. The Kier molecular flexibility index (Phi) is 5.26. The molecule has 25 heavy (non-hydrogen) atoms. The van der Waals surface area contributed by atoms with Gasteiger partial charge in [-0.05, 0) is 48.9 Å². The minimum atomic E-state index is -0.235.